The van der Waals surface area contributed by atoms with Crippen LogP contribution in [0.15, 0.2) is 5.16 Å². The molecule has 0 bridgehead atoms. The first-order chi connectivity index (χ1) is 12.1. The molecular weight excluding hydrogens is 415 g/mol. The molecule has 1 atom stereocenters. The molecule has 0 saturated carbocycles. The van der Waals surface area contributed by atoms with Gasteiger partial charge in [-0.1, -0.05) is 5.16 Å². The highest BCUT2D eigenvalue weighted by molar-refractivity contribution is 8.07. The molecule has 15 heteroatoms. The number of nitrogens with zero attached hydrogens (tertiary/aromatic N) is 3. The van der Waals surface area contributed by atoms with Crippen molar-refractivity contribution in [3.63, 3.8) is 0 Å². The molecule has 0 radical (unpaired) electrons. The molecule has 27 heavy (non-hydrogen) atoms. The van der Waals surface area contributed by atoms with Crippen LogP contribution in [0.5, 0.6) is 5.88 Å². The predicted octanol–water partition coefficient (Wildman–Crippen LogP) is 2.67. The summed E-state index contributed by atoms with van der Waals surface area (Å²) >= 11 is 0. The number of oxime groups is 1. The van der Waals surface area contributed by atoms with E-state index in [-0.39, 0.29) is 4.68 Å². The van der Waals surface area contributed by atoms with Gasteiger partial charge in [-0.25, -0.2) is 21.9 Å². The lowest BCUT2D eigenvalue weighted by Crippen LogP contribution is -2.42. The van der Waals surface area contributed by atoms with E-state index in [4.69, 9.17) is 0 Å². The fourth-order valence-corrected chi connectivity index (χ4v) is 3.60. The lowest BCUT2D eigenvalue weighted by atomic mass is 10.1. The van der Waals surface area contributed by atoms with Gasteiger partial charge in [0, 0.05) is 7.05 Å². The quantitative estimate of drug-likeness (QED) is 0.691. The van der Waals surface area contributed by atoms with Crippen molar-refractivity contribution in [1.82, 2.24) is 9.78 Å². The first-order valence-corrected chi connectivity index (χ1v) is 8.43. The summed E-state index contributed by atoms with van der Waals surface area (Å²) in [7, 11) is -5.46. The highest BCUT2D eigenvalue weighted by Crippen LogP contribution is 2.48. The van der Waals surface area contributed by atoms with Crippen LogP contribution >= 0.6 is 0 Å². The molecule has 1 unspecified atom stereocenters. The largest absolute Gasteiger partial charge is 0.446 e. The van der Waals surface area contributed by atoms with Crippen LogP contribution in [0.3, 0.4) is 0 Å². The first kappa shape index (κ1) is 21.2. The molecule has 154 valence electrons. The van der Waals surface area contributed by atoms with Crippen molar-refractivity contribution in [2.24, 2.45) is 12.2 Å². The number of aryl methyl sites for hydroxylation is 1. The minimum absolute atomic E-state index is 0.0883. The highest BCUT2D eigenvalue weighted by atomic mass is 32.2. The maximum atomic E-state index is 14.8. The van der Waals surface area contributed by atoms with Gasteiger partial charge in [0.25, 0.3) is 9.84 Å². The predicted molar refractivity (Wildman–Crippen MR) is 75.1 cm³/mol. The van der Waals surface area contributed by atoms with Crippen LogP contribution in [0.4, 0.5) is 30.7 Å². The van der Waals surface area contributed by atoms with Crippen LogP contribution in [0.2, 0.25) is 0 Å². The molecule has 0 amide bonds. The summed E-state index contributed by atoms with van der Waals surface area (Å²) in [4.78, 5) is 4.43. The Kier molecular flexibility index (Phi) is 4.91. The van der Waals surface area contributed by atoms with Gasteiger partial charge < -0.3 is 9.57 Å². The van der Waals surface area contributed by atoms with Crippen molar-refractivity contribution >= 4 is 14.9 Å². The fraction of sp³-hybridized carbons (Fsp3) is 0.667. The van der Waals surface area contributed by atoms with Crippen molar-refractivity contribution in [2.75, 3.05) is 6.86 Å². The molecule has 2 rings (SSSR count). The van der Waals surface area contributed by atoms with Gasteiger partial charge in [0.05, 0.1) is 0 Å². The highest BCUT2D eigenvalue weighted by Gasteiger charge is 2.62. The minimum atomic E-state index is -6.16. The smallest absolute Gasteiger partial charge is 0.435 e. The Hall–Kier alpha value is -2.06. The molecule has 0 aliphatic carbocycles. The lowest BCUT2D eigenvalue weighted by molar-refractivity contribution is -0.143. The Morgan fingerprint density at radius 3 is 2.22 bits per heavy atom. The lowest BCUT2D eigenvalue weighted by Gasteiger charge is -2.21. The number of hydrogen-bond acceptors (Lipinski definition) is 6. The maximum Gasteiger partial charge on any atom is 0.435 e. The van der Waals surface area contributed by atoms with Crippen LogP contribution in [-0.4, -0.2) is 41.9 Å². The third-order valence-corrected chi connectivity index (χ3v) is 5.27. The molecule has 0 fully saturated rings. The molecule has 1 aliphatic rings. The van der Waals surface area contributed by atoms with Crippen molar-refractivity contribution in [3.05, 3.63) is 11.3 Å². The van der Waals surface area contributed by atoms with Gasteiger partial charge in [-0.15, -0.1) is 0 Å². The van der Waals surface area contributed by atoms with Crippen LogP contribution < -0.4 is 4.74 Å². The Balaban J connectivity index is 2.73. The summed E-state index contributed by atoms with van der Waals surface area (Å²) < 4.78 is 124. The van der Waals surface area contributed by atoms with E-state index in [0.29, 0.717) is 7.05 Å². The Labute approximate surface area is 147 Å². The van der Waals surface area contributed by atoms with E-state index >= 15 is 0 Å². The molecule has 0 aromatic carbocycles. The monoisotopic (exact) mass is 427 g/mol. The molecule has 1 aliphatic heterocycles. The molecule has 0 N–H and O–H groups in total. The van der Waals surface area contributed by atoms with Crippen molar-refractivity contribution in [1.29, 1.82) is 0 Å². The van der Waals surface area contributed by atoms with Crippen LogP contribution in [-0.2, 0) is 33.2 Å². The number of rotatable bonds is 4. The third kappa shape index (κ3) is 3.21. The normalized spacial score (nSPS) is 20.4. The SMILES string of the molecule is Cn1nc(C(F)(F)F)c(C(F)(F)S(=O)(=O)C2=NOC(C)(C)C2F)c1OCF. The van der Waals surface area contributed by atoms with Crippen LogP contribution in [0, 0.1) is 0 Å². The summed E-state index contributed by atoms with van der Waals surface area (Å²) in [6, 6.07) is 0. The summed E-state index contributed by atoms with van der Waals surface area (Å²) in [5.41, 5.74) is -6.57. The standard InChI is InChI=1S/C12H12F7N3O4S/c1-10(2)6(14)8(21-26-10)27(23,24)12(18,19)5-7(11(15,16)17)20-22(3)9(5)25-4-13/h6H,4H2,1-3H3. The van der Waals surface area contributed by atoms with Gasteiger partial charge in [-0.3, -0.25) is 0 Å². The van der Waals surface area contributed by atoms with Gasteiger partial charge in [-0.05, 0) is 13.8 Å². The zero-order valence-corrected chi connectivity index (χ0v) is 14.6. The second-order valence-corrected chi connectivity index (χ2v) is 7.85. The van der Waals surface area contributed by atoms with Crippen molar-refractivity contribution < 1.29 is 48.7 Å². The van der Waals surface area contributed by atoms with E-state index < -0.39 is 62.1 Å². The number of halogens is 7. The van der Waals surface area contributed by atoms with Gasteiger partial charge in [0.2, 0.25) is 17.8 Å². The van der Waals surface area contributed by atoms with Gasteiger partial charge in [0.1, 0.15) is 5.56 Å². The number of alkyl halides is 7. The average Bonchev–Trinajstić information content (AvgIpc) is 2.98. The van der Waals surface area contributed by atoms with E-state index in [2.05, 4.69) is 19.8 Å². The minimum Gasteiger partial charge on any atom is -0.446 e. The number of hydrogen-bond donors (Lipinski definition) is 0. The van der Waals surface area contributed by atoms with Crippen molar-refractivity contribution in [3.8, 4) is 5.88 Å². The number of ether oxygens (including phenoxy) is 1. The van der Waals surface area contributed by atoms with E-state index in [0.717, 1.165) is 13.8 Å². The molecule has 1 aromatic heterocycles. The van der Waals surface area contributed by atoms with Crippen molar-refractivity contribution in [2.45, 2.75) is 37.1 Å². The summed E-state index contributed by atoms with van der Waals surface area (Å²) in [6.07, 6.45) is -8.24. The Morgan fingerprint density at radius 2 is 1.81 bits per heavy atom. The van der Waals surface area contributed by atoms with Gasteiger partial charge in [0.15, 0.2) is 17.5 Å². The zero-order valence-electron chi connectivity index (χ0n) is 13.8. The number of aromatic nitrogens is 2. The number of sulfone groups is 1. The molecule has 0 spiro atoms. The maximum absolute atomic E-state index is 14.8. The Bertz CT molecular complexity index is 876. The topological polar surface area (TPSA) is 82.8 Å². The molecule has 7 nitrogen and oxygen atoms in total. The van der Waals surface area contributed by atoms with E-state index in [1.54, 1.807) is 0 Å². The summed E-state index contributed by atoms with van der Waals surface area (Å²) in [5.74, 6) is -1.49. The molecular formula is C12H12F7N3O4S. The zero-order chi connectivity index (χ0) is 21.0. The van der Waals surface area contributed by atoms with E-state index in [1.807, 2.05) is 0 Å². The molecule has 0 saturated heterocycles. The van der Waals surface area contributed by atoms with E-state index in [9.17, 15) is 39.2 Å². The van der Waals surface area contributed by atoms with Gasteiger partial charge >= 0.3 is 11.4 Å². The second-order valence-electron chi connectivity index (χ2n) is 5.91. The summed E-state index contributed by atoms with van der Waals surface area (Å²) in [6.45, 7) is 0.123. The molecule has 1 aromatic rings. The Morgan fingerprint density at radius 1 is 1.26 bits per heavy atom. The first-order valence-electron chi connectivity index (χ1n) is 6.95. The second kappa shape index (κ2) is 6.24. The van der Waals surface area contributed by atoms with Crippen LogP contribution in [0.25, 0.3) is 0 Å². The van der Waals surface area contributed by atoms with E-state index in [1.165, 1.54) is 0 Å². The third-order valence-electron chi connectivity index (χ3n) is 3.56. The average molecular weight is 427 g/mol. The van der Waals surface area contributed by atoms with Gasteiger partial charge in [-0.2, -0.15) is 27.1 Å². The van der Waals surface area contributed by atoms with Crippen LogP contribution in [0.1, 0.15) is 25.1 Å². The molecule has 2 heterocycles. The fourth-order valence-electron chi connectivity index (χ4n) is 2.19. The summed E-state index contributed by atoms with van der Waals surface area (Å²) in [5, 5.41) is -1.72.